The summed E-state index contributed by atoms with van der Waals surface area (Å²) in [5.41, 5.74) is 3.63. The minimum Gasteiger partial charge on any atom is -0.492 e. The van der Waals surface area contributed by atoms with Crippen LogP contribution < -0.4 is 10.1 Å². The number of halogens is 2. The highest BCUT2D eigenvalue weighted by Crippen LogP contribution is 2.35. The van der Waals surface area contributed by atoms with E-state index < -0.39 is 0 Å². The quantitative estimate of drug-likeness (QED) is 0.861. The number of hydrogen-bond donors (Lipinski definition) is 1. The monoisotopic (exact) mass is 364 g/mol. The second kappa shape index (κ2) is 7.75. The average molecular weight is 365 g/mol. The summed E-state index contributed by atoms with van der Waals surface area (Å²) in [5.74, 6) is 0.929. The fourth-order valence-corrected chi connectivity index (χ4v) is 3.51. The zero-order chi connectivity index (χ0) is 17.1. The number of hydrogen-bond acceptors (Lipinski definition) is 3. The number of rotatable bonds is 5. The summed E-state index contributed by atoms with van der Waals surface area (Å²) in [6, 6.07) is 12.1. The Hall–Kier alpha value is -1.26. The summed E-state index contributed by atoms with van der Waals surface area (Å²) in [5, 5.41) is 4.90. The van der Waals surface area contributed by atoms with Gasteiger partial charge in [-0.2, -0.15) is 0 Å². The van der Waals surface area contributed by atoms with Crippen LogP contribution in [0.3, 0.4) is 0 Å². The van der Waals surface area contributed by atoms with Crippen molar-refractivity contribution in [3.05, 3.63) is 63.1 Å². The lowest BCUT2D eigenvalue weighted by molar-refractivity contribution is 0.261. The summed E-state index contributed by atoms with van der Waals surface area (Å²) >= 11 is 12.4. The molecule has 1 unspecified atom stereocenters. The second-order valence-electron chi connectivity index (χ2n) is 6.32. The molecule has 5 heteroatoms. The van der Waals surface area contributed by atoms with E-state index in [1.807, 2.05) is 32.3 Å². The van der Waals surface area contributed by atoms with E-state index in [9.17, 15) is 0 Å². The SMILES string of the molecule is CN(C)CCOc1ccc2c(c1)CCNC2c1ccc(Cl)cc1Cl. The van der Waals surface area contributed by atoms with Crippen molar-refractivity contribution in [2.75, 3.05) is 33.8 Å². The Balaban J connectivity index is 1.83. The molecule has 0 bridgehead atoms. The Morgan fingerprint density at radius 3 is 2.67 bits per heavy atom. The fraction of sp³-hybridized carbons (Fsp3) is 0.368. The number of nitrogens with one attached hydrogen (secondary N) is 1. The van der Waals surface area contributed by atoms with Crippen molar-refractivity contribution >= 4 is 23.2 Å². The Labute approximate surface area is 153 Å². The number of ether oxygens (including phenoxy) is 1. The average Bonchev–Trinajstić information content (AvgIpc) is 2.54. The van der Waals surface area contributed by atoms with Crippen molar-refractivity contribution in [3.63, 3.8) is 0 Å². The van der Waals surface area contributed by atoms with Crippen molar-refractivity contribution in [2.45, 2.75) is 12.5 Å². The van der Waals surface area contributed by atoms with Gasteiger partial charge in [-0.3, -0.25) is 0 Å². The van der Waals surface area contributed by atoms with Crippen molar-refractivity contribution in [1.29, 1.82) is 0 Å². The maximum absolute atomic E-state index is 6.40. The zero-order valence-corrected chi connectivity index (χ0v) is 15.5. The first-order chi connectivity index (χ1) is 11.5. The third-order valence-corrected chi connectivity index (χ3v) is 4.81. The lowest BCUT2D eigenvalue weighted by atomic mass is 9.89. The Morgan fingerprint density at radius 2 is 1.92 bits per heavy atom. The molecular weight excluding hydrogens is 343 g/mol. The highest BCUT2D eigenvalue weighted by molar-refractivity contribution is 6.35. The molecule has 0 saturated heterocycles. The molecule has 1 aliphatic heterocycles. The molecule has 1 heterocycles. The maximum atomic E-state index is 6.40. The van der Waals surface area contributed by atoms with Crippen molar-refractivity contribution in [2.24, 2.45) is 0 Å². The highest BCUT2D eigenvalue weighted by atomic mass is 35.5. The van der Waals surface area contributed by atoms with Gasteiger partial charge in [0, 0.05) is 23.1 Å². The van der Waals surface area contributed by atoms with Crippen LogP contribution in [0.25, 0.3) is 0 Å². The van der Waals surface area contributed by atoms with E-state index in [-0.39, 0.29) is 6.04 Å². The summed E-state index contributed by atoms with van der Waals surface area (Å²) in [6.07, 6.45) is 0.988. The Kier molecular flexibility index (Phi) is 5.67. The van der Waals surface area contributed by atoms with Gasteiger partial charge in [0.25, 0.3) is 0 Å². The Morgan fingerprint density at radius 1 is 1.12 bits per heavy atom. The predicted octanol–water partition coefficient (Wildman–Crippen LogP) is 4.17. The van der Waals surface area contributed by atoms with E-state index in [1.54, 1.807) is 6.07 Å². The van der Waals surface area contributed by atoms with Crippen LogP contribution in [-0.2, 0) is 6.42 Å². The van der Waals surface area contributed by atoms with Crippen LogP contribution in [0.2, 0.25) is 10.0 Å². The lowest BCUT2D eigenvalue weighted by Gasteiger charge is -2.28. The minimum atomic E-state index is 0.0920. The molecule has 0 saturated carbocycles. The van der Waals surface area contributed by atoms with Crippen molar-refractivity contribution in [1.82, 2.24) is 10.2 Å². The van der Waals surface area contributed by atoms with Gasteiger partial charge in [0.15, 0.2) is 0 Å². The van der Waals surface area contributed by atoms with Gasteiger partial charge in [0.2, 0.25) is 0 Å². The molecule has 1 aliphatic rings. The van der Waals surface area contributed by atoms with E-state index in [0.29, 0.717) is 16.7 Å². The normalized spacial score (nSPS) is 17.0. The number of benzene rings is 2. The van der Waals surface area contributed by atoms with Crippen LogP contribution in [0.4, 0.5) is 0 Å². The van der Waals surface area contributed by atoms with Gasteiger partial charge < -0.3 is 15.0 Å². The highest BCUT2D eigenvalue weighted by Gasteiger charge is 2.23. The van der Waals surface area contributed by atoms with E-state index in [2.05, 4.69) is 22.3 Å². The summed E-state index contributed by atoms with van der Waals surface area (Å²) in [4.78, 5) is 2.11. The van der Waals surface area contributed by atoms with Crippen LogP contribution in [-0.4, -0.2) is 38.7 Å². The largest absolute Gasteiger partial charge is 0.492 e. The first kappa shape index (κ1) is 17.6. The molecule has 3 rings (SSSR count). The molecule has 1 atom stereocenters. The molecule has 0 radical (unpaired) electrons. The number of nitrogens with zero attached hydrogens (tertiary/aromatic N) is 1. The molecule has 3 nitrogen and oxygen atoms in total. The Bertz CT molecular complexity index is 719. The van der Waals surface area contributed by atoms with E-state index in [1.165, 1.54) is 11.1 Å². The van der Waals surface area contributed by atoms with Crippen molar-refractivity contribution < 1.29 is 4.74 Å². The molecule has 2 aromatic carbocycles. The fourth-order valence-electron chi connectivity index (χ4n) is 2.99. The van der Waals surface area contributed by atoms with Gasteiger partial charge in [-0.25, -0.2) is 0 Å². The summed E-state index contributed by atoms with van der Waals surface area (Å²) in [6.45, 7) is 2.51. The molecule has 0 aromatic heterocycles. The first-order valence-electron chi connectivity index (χ1n) is 8.13. The molecule has 1 N–H and O–H groups in total. The standard InChI is InChI=1S/C19H22Cl2N2O/c1-23(2)9-10-24-15-4-6-16-13(11-15)7-8-22-19(16)17-5-3-14(20)12-18(17)21/h3-6,11-12,19,22H,7-10H2,1-2H3. The topological polar surface area (TPSA) is 24.5 Å². The molecular formula is C19H22Cl2N2O. The third kappa shape index (κ3) is 4.04. The van der Waals surface area contributed by atoms with E-state index in [0.717, 1.165) is 30.8 Å². The van der Waals surface area contributed by atoms with Crippen LogP contribution in [0, 0.1) is 0 Å². The molecule has 0 spiro atoms. The number of fused-ring (bicyclic) bond motifs is 1. The third-order valence-electron chi connectivity index (χ3n) is 4.25. The molecule has 24 heavy (non-hydrogen) atoms. The molecule has 0 amide bonds. The second-order valence-corrected chi connectivity index (χ2v) is 7.16. The van der Waals surface area contributed by atoms with Gasteiger partial charge in [-0.1, -0.05) is 35.3 Å². The van der Waals surface area contributed by atoms with Crippen LogP contribution in [0.5, 0.6) is 5.75 Å². The van der Waals surface area contributed by atoms with Crippen LogP contribution in [0.1, 0.15) is 22.7 Å². The van der Waals surface area contributed by atoms with Gasteiger partial charge in [-0.15, -0.1) is 0 Å². The molecule has 0 aliphatic carbocycles. The predicted molar refractivity (Wildman–Crippen MR) is 101 cm³/mol. The van der Waals surface area contributed by atoms with Gasteiger partial charge >= 0.3 is 0 Å². The molecule has 128 valence electrons. The zero-order valence-electron chi connectivity index (χ0n) is 14.0. The van der Waals surface area contributed by atoms with Gasteiger partial charge in [0.1, 0.15) is 12.4 Å². The minimum absolute atomic E-state index is 0.0920. The van der Waals surface area contributed by atoms with Crippen molar-refractivity contribution in [3.8, 4) is 5.75 Å². The smallest absolute Gasteiger partial charge is 0.119 e. The van der Waals surface area contributed by atoms with Crippen LogP contribution in [0.15, 0.2) is 36.4 Å². The maximum Gasteiger partial charge on any atom is 0.119 e. The van der Waals surface area contributed by atoms with Gasteiger partial charge in [0.05, 0.1) is 6.04 Å². The van der Waals surface area contributed by atoms with E-state index >= 15 is 0 Å². The number of likely N-dealkylation sites (N-methyl/N-ethyl adjacent to an activating group) is 1. The molecule has 0 fully saturated rings. The van der Waals surface area contributed by atoms with Gasteiger partial charge in [-0.05, 0) is 61.5 Å². The lowest BCUT2D eigenvalue weighted by Crippen LogP contribution is -2.30. The van der Waals surface area contributed by atoms with E-state index in [4.69, 9.17) is 27.9 Å². The first-order valence-corrected chi connectivity index (χ1v) is 8.89. The molecule has 2 aromatic rings. The summed E-state index contributed by atoms with van der Waals surface area (Å²) in [7, 11) is 4.09. The van der Waals surface area contributed by atoms with Crippen LogP contribution >= 0.6 is 23.2 Å². The summed E-state index contributed by atoms with van der Waals surface area (Å²) < 4.78 is 5.86.